The smallest absolute Gasteiger partial charge is 0.306 e. The molecular weight excluding hydrogens is 228 g/mol. The second kappa shape index (κ2) is 8.48. The number of benzene rings is 1. The molecule has 0 aromatic heterocycles. The summed E-state index contributed by atoms with van der Waals surface area (Å²) in [5.74, 6) is -0.183. The third-order valence-electron chi connectivity index (χ3n) is 2.34. The molecule has 1 aromatic rings. The molecule has 1 rings (SSSR count). The Balaban J connectivity index is 2.15. The van der Waals surface area contributed by atoms with Crippen molar-refractivity contribution >= 4 is 5.97 Å². The predicted molar refractivity (Wildman–Crippen MR) is 71.1 cm³/mol. The van der Waals surface area contributed by atoms with E-state index in [9.17, 15) is 4.79 Å². The van der Waals surface area contributed by atoms with E-state index in [0.717, 1.165) is 5.56 Å². The highest BCUT2D eigenvalue weighted by molar-refractivity contribution is 5.69. The van der Waals surface area contributed by atoms with E-state index in [1.54, 1.807) is 6.92 Å². The second-order valence-corrected chi connectivity index (χ2v) is 3.98. The molecule has 0 N–H and O–H groups in total. The number of rotatable bonds is 7. The first-order valence-electron chi connectivity index (χ1n) is 6.20. The van der Waals surface area contributed by atoms with Crippen LogP contribution >= 0.6 is 0 Å². The standard InChI is InChI=1S/C15H20O3/c1-3-15(16)18-13(2)8-7-11-17-12-14-9-5-4-6-10-14/h4-10,13H,3,11-12H2,1-2H3/b8-7+/t13-/m0/s1. The molecule has 0 bridgehead atoms. The molecule has 0 aliphatic carbocycles. The molecule has 0 amide bonds. The van der Waals surface area contributed by atoms with Gasteiger partial charge in [0, 0.05) is 6.42 Å². The Bertz CT molecular complexity index is 371. The van der Waals surface area contributed by atoms with Gasteiger partial charge in [-0.15, -0.1) is 0 Å². The van der Waals surface area contributed by atoms with Gasteiger partial charge in [0.15, 0.2) is 0 Å². The number of carbonyl (C=O) groups excluding carboxylic acids is 1. The molecule has 0 spiro atoms. The Kier molecular flexibility index (Phi) is 6.81. The minimum atomic E-state index is -0.197. The van der Waals surface area contributed by atoms with Crippen molar-refractivity contribution in [2.75, 3.05) is 6.61 Å². The summed E-state index contributed by atoms with van der Waals surface area (Å²) in [6.45, 7) is 4.72. The number of hydrogen-bond acceptors (Lipinski definition) is 3. The summed E-state index contributed by atoms with van der Waals surface area (Å²) in [4.78, 5) is 11.0. The Morgan fingerprint density at radius 3 is 2.72 bits per heavy atom. The van der Waals surface area contributed by atoms with Crippen LogP contribution in [0.2, 0.25) is 0 Å². The van der Waals surface area contributed by atoms with E-state index in [1.165, 1.54) is 0 Å². The van der Waals surface area contributed by atoms with Crippen LogP contribution in [0, 0.1) is 0 Å². The molecule has 0 unspecified atom stereocenters. The van der Waals surface area contributed by atoms with Crippen molar-refractivity contribution in [3.63, 3.8) is 0 Å². The highest BCUT2D eigenvalue weighted by Crippen LogP contribution is 2.01. The molecule has 0 saturated heterocycles. The molecule has 1 aromatic carbocycles. The van der Waals surface area contributed by atoms with Gasteiger partial charge in [0.05, 0.1) is 13.2 Å². The molecule has 0 aliphatic rings. The molecule has 0 fully saturated rings. The van der Waals surface area contributed by atoms with Crippen molar-refractivity contribution in [2.24, 2.45) is 0 Å². The van der Waals surface area contributed by atoms with Crippen LogP contribution in [0.5, 0.6) is 0 Å². The van der Waals surface area contributed by atoms with Gasteiger partial charge in [-0.1, -0.05) is 43.3 Å². The first-order valence-corrected chi connectivity index (χ1v) is 6.20. The van der Waals surface area contributed by atoms with Gasteiger partial charge in [-0.3, -0.25) is 4.79 Å². The molecule has 0 heterocycles. The van der Waals surface area contributed by atoms with Gasteiger partial charge in [-0.05, 0) is 18.6 Å². The molecule has 3 heteroatoms. The van der Waals surface area contributed by atoms with Crippen molar-refractivity contribution in [3.8, 4) is 0 Å². The van der Waals surface area contributed by atoms with Crippen LogP contribution in [0.1, 0.15) is 25.8 Å². The second-order valence-electron chi connectivity index (χ2n) is 3.98. The Morgan fingerprint density at radius 2 is 2.06 bits per heavy atom. The van der Waals surface area contributed by atoms with Gasteiger partial charge in [0.1, 0.15) is 6.10 Å². The van der Waals surface area contributed by atoms with Crippen LogP contribution in [0.3, 0.4) is 0 Å². The zero-order chi connectivity index (χ0) is 13.2. The summed E-state index contributed by atoms with van der Waals surface area (Å²) < 4.78 is 10.6. The van der Waals surface area contributed by atoms with Gasteiger partial charge >= 0.3 is 5.97 Å². The molecular formula is C15H20O3. The first-order chi connectivity index (χ1) is 8.72. The van der Waals surface area contributed by atoms with Gasteiger partial charge in [0.2, 0.25) is 0 Å². The Morgan fingerprint density at radius 1 is 1.33 bits per heavy atom. The van der Waals surface area contributed by atoms with Gasteiger partial charge in [0.25, 0.3) is 0 Å². The van der Waals surface area contributed by atoms with Gasteiger partial charge in [-0.2, -0.15) is 0 Å². The highest BCUT2D eigenvalue weighted by atomic mass is 16.5. The third kappa shape index (κ3) is 6.21. The summed E-state index contributed by atoms with van der Waals surface area (Å²) in [6, 6.07) is 10.00. The van der Waals surface area contributed by atoms with Crippen molar-refractivity contribution in [1.82, 2.24) is 0 Å². The third-order valence-corrected chi connectivity index (χ3v) is 2.34. The largest absolute Gasteiger partial charge is 0.458 e. The van der Waals surface area contributed by atoms with Crippen LogP contribution < -0.4 is 0 Å². The van der Waals surface area contributed by atoms with Crippen LogP contribution in [-0.4, -0.2) is 18.7 Å². The van der Waals surface area contributed by atoms with E-state index < -0.39 is 0 Å². The SMILES string of the molecule is CCC(=O)O[C@@H](C)/C=C/COCc1ccccc1. The minimum Gasteiger partial charge on any atom is -0.458 e. The molecule has 1 atom stereocenters. The van der Waals surface area contributed by atoms with Crippen LogP contribution in [0.4, 0.5) is 0 Å². The van der Waals surface area contributed by atoms with Gasteiger partial charge in [-0.25, -0.2) is 0 Å². The summed E-state index contributed by atoms with van der Waals surface area (Å²) in [5.41, 5.74) is 1.15. The lowest BCUT2D eigenvalue weighted by atomic mass is 10.2. The van der Waals surface area contributed by atoms with E-state index >= 15 is 0 Å². The van der Waals surface area contributed by atoms with E-state index in [0.29, 0.717) is 19.6 Å². The van der Waals surface area contributed by atoms with Crippen LogP contribution in [0.25, 0.3) is 0 Å². The quantitative estimate of drug-likeness (QED) is 0.422. The topological polar surface area (TPSA) is 35.5 Å². The number of esters is 1. The highest BCUT2D eigenvalue weighted by Gasteiger charge is 2.02. The maximum absolute atomic E-state index is 11.0. The molecule has 3 nitrogen and oxygen atoms in total. The lowest BCUT2D eigenvalue weighted by Gasteiger charge is -2.07. The molecule has 0 radical (unpaired) electrons. The molecule has 0 aliphatic heterocycles. The average molecular weight is 248 g/mol. The van der Waals surface area contributed by atoms with E-state index in [-0.39, 0.29) is 12.1 Å². The van der Waals surface area contributed by atoms with Crippen molar-refractivity contribution in [1.29, 1.82) is 0 Å². The van der Waals surface area contributed by atoms with Crippen molar-refractivity contribution in [2.45, 2.75) is 33.0 Å². The molecule has 0 saturated carbocycles. The normalized spacial score (nSPS) is 12.6. The number of ether oxygens (including phenoxy) is 2. The Hall–Kier alpha value is -1.61. The maximum atomic E-state index is 11.0. The monoisotopic (exact) mass is 248 g/mol. The molecule has 98 valence electrons. The van der Waals surface area contributed by atoms with Crippen LogP contribution in [-0.2, 0) is 20.9 Å². The van der Waals surface area contributed by atoms with E-state index in [4.69, 9.17) is 9.47 Å². The fourth-order valence-corrected chi connectivity index (χ4v) is 1.40. The lowest BCUT2D eigenvalue weighted by Crippen LogP contribution is -2.11. The Labute approximate surface area is 108 Å². The first kappa shape index (κ1) is 14.5. The average Bonchev–Trinajstić information content (AvgIpc) is 2.39. The summed E-state index contributed by atoms with van der Waals surface area (Å²) in [5, 5.41) is 0. The zero-order valence-electron chi connectivity index (χ0n) is 11.0. The van der Waals surface area contributed by atoms with E-state index in [2.05, 4.69) is 0 Å². The summed E-state index contributed by atoms with van der Waals surface area (Å²) in [7, 11) is 0. The van der Waals surface area contributed by atoms with Crippen molar-refractivity contribution < 1.29 is 14.3 Å². The van der Waals surface area contributed by atoms with Crippen molar-refractivity contribution in [3.05, 3.63) is 48.0 Å². The fourth-order valence-electron chi connectivity index (χ4n) is 1.40. The summed E-state index contributed by atoms with van der Waals surface area (Å²) in [6.07, 6.45) is 3.91. The number of carbonyl (C=O) groups is 1. The maximum Gasteiger partial charge on any atom is 0.306 e. The van der Waals surface area contributed by atoms with E-state index in [1.807, 2.05) is 49.4 Å². The number of hydrogen-bond donors (Lipinski definition) is 0. The lowest BCUT2D eigenvalue weighted by molar-refractivity contribution is -0.145. The fraction of sp³-hybridized carbons (Fsp3) is 0.400. The molecule has 18 heavy (non-hydrogen) atoms. The zero-order valence-corrected chi connectivity index (χ0v) is 11.0. The summed E-state index contributed by atoms with van der Waals surface area (Å²) >= 11 is 0. The van der Waals surface area contributed by atoms with Gasteiger partial charge < -0.3 is 9.47 Å². The predicted octanol–water partition coefficient (Wildman–Crippen LogP) is 3.10. The van der Waals surface area contributed by atoms with Crippen LogP contribution in [0.15, 0.2) is 42.5 Å². The minimum absolute atomic E-state index is 0.183.